The molecule has 10 rings (SSSR count). The zero-order valence-electron chi connectivity index (χ0n) is 28.5. The summed E-state index contributed by atoms with van der Waals surface area (Å²) in [6, 6.07) is 65.3. The average Bonchev–Trinajstić information content (AvgIpc) is 3.74. The highest BCUT2D eigenvalue weighted by molar-refractivity contribution is 6.22. The maximum atomic E-state index is 11.1. The number of rotatable bonds is 5. The average molecular weight is 676 g/mol. The molecule has 0 aliphatic rings. The van der Waals surface area contributed by atoms with E-state index in [1.165, 1.54) is 0 Å². The summed E-state index contributed by atoms with van der Waals surface area (Å²) in [5, 5.41) is 28.2. The first-order chi connectivity index (χ1) is 26.2. The number of para-hydroxylation sites is 4. The van der Waals surface area contributed by atoms with Crippen LogP contribution in [-0.2, 0) is 0 Å². The number of anilines is 3. The van der Waals surface area contributed by atoms with Gasteiger partial charge in [-0.2, -0.15) is 10.5 Å². The van der Waals surface area contributed by atoms with Gasteiger partial charge in [0, 0.05) is 38.6 Å². The molecule has 5 heteroatoms. The van der Waals surface area contributed by atoms with Gasteiger partial charge in [0.2, 0.25) is 0 Å². The number of nitriles is 2. The van der Waals surface area contributed by atoms with Gasteiger partial charge in [-0.1, -0.05) is 103 Å². The smallest absolute Gasteiger partial charge is 0.104 e. The van der Waals surface area contributed by atoms with E-state index >= 15 is 0 Å². The predicted molar refractivity (Wildman–Crippen MR) is 217 cm³/mol. The van der Waals surface area contributed by atoms with Crippen LogP contribution in [-0.4, -0.2) is 9.13 Å². The van der Waals surface area contributed by atoms with Crippen molar-refractivity contribution in [2.24, 2.45) is 0 Å². The van der Waals surface area contributed by atoms with Crippen molar-refractivity contribution < 1.29 is 0 Å². The molecule has 2 aromatic heterocycles. The quantitative estimate of drug-likeness (QED) is 0.182. The van der Waals surface area contributed by atoms with Gasteiger partial charge in [-0.25, -0.2) is 0 Å². The van der Waals surface area contributed by atoms with Crippen molar-refractivity contribution in [1.29, 1.82) is 10.5 Å². The molecule has 0 atom stereocenters. The molecule has 0 saturated heterocycles. The first kappa shape index (κ1) is 30.2. The van der Waals surface area contributed by atoms with Gasteiger partial charge in [0.05, 0.1) is 45.1 Å². The summed E-state index contributed by atoms with van der Waals surface area (Å²) in [4.78, 5) is 2.27. The Kier molecular flexibility index (Phi) is 6.86. The predicted octanol–water partition coefficient (Wildman–Crippen LogP) is 12.2. The number of hydrogen-bond acceptors (Lipinski definition) is 3. The van der Waals surface area contributed by atoms with Crippen molar-refractivity contribution in [2.75, 3.05) is 4.90 Å². The number of benzene rings is 8. The Morgan fingerprint density at radius 2 is 0.906 bits per heavy atom. The lowest BCUT2D eigenvalue weighted by Gasteiger charge is -2.25. The van der Waals surface area contributed by atoms with Crippen LogP contribution in [0.15, 0.2) is 176 Å². The fraction of sp³-hybridized carbons (Fsp3) is 0. The first-order valence-electron chi connectivity index (χ1n) is 17.6. The molecular formula is C48H29N5. The third kappa shape index (κ3) is 4.62. The van der Waals surface area contributed by atoms with Crippen LogP contribution >= 0.6 is 0 Å². The van der Waals surface area contributed by atoms with Crippen LogP contribution in [0.25, 0.3) is 65.8 Å². The van der Waals surface area contributed by atoms with Crippen LogP contribution in [0.5, 0.6) is 0 Å². The molecule has 5 nitrogen and oxygen atoms in total. The van der Waals surface area contributed by atoms with Gasteiger partial charge in [-0.3, -0.25) is 0 Å². The highest BCUT2D eigenvalue weighted by Crippen LogP contribution is 2.43. The Hall–Kier alpha value is -7.60. The number of hydrogen-bond donors (Lipinski definition) is 0. The van der Waals surface area contributed by atoms with E-state index in [0.29, 0.717) is 22.5 Å². The molecule has 10 aromatic rings. The molecule has 0 aliphatic heterocycles. The van der Waals surface area contributed by atoms with Crippen LogP contribution in [0, 0.1) is 22.7 Å². The lowest BCUT2D eigenvalue weighted by Crippen LogP contribution is -2.09. The standard InChI is InChI=1S/C48H29N5/c49-30-32-27-46(52-42-21-11-9-19-38(42)39-20-10-12-22-43(39)52)41(31-50)47(28-32)53-44-26-24-36(51(34-14-3-1-4-15-34)35-16-5-2-6-17-35)29-40(44)48-37-18-8-7-13-33(37)23-25-45(48)53/h1-29H. The van der Waals surface area contributed by atoms with E-state index in [0.717, 1.165) is 71.4 Å². The van der Waals surface area contributed by atoms with Crippen molar-refractivity contribution >= 4 is 71.4 Å². The fourth-order valence-electron chi connectivity index (χ4n) is 8.10. The maximum Gasteiger partial charge on any atom is 0.104 e. The van der Waals surface area contributed by atoms with Gasteiger partial charge < -0.3 is 14.0 Å². The number of fused-ring (bicyclic) bond motifs is 8. The van der Waals surface area contributed by atoms with Gasteiger partial charge in [0.15, 0.2) is 0 Å². The third-order valence-electron chi connectivity index (χ3n) is 10.3. The van der Waals surface area contributed by atoms with E-state index in [-0.39, 0.29) is 0 Å². The van der Waals surface area contributed by atoms with E-state index in [2.05, 4.69) is 154 Å². The lowest BCUT2D eigenvalue weighted by molar-refractivity contribution is 1.11. The second kappa shape index (κ2) is 12.0. The molecule has 0 spiro atoms. The van der Waals surface area contributed by atoms with E-state index in [1.807, 2.05) is 48.5 Å². The minimum Gasteiger partial charge on any atom is -0.310 e. The van der Waals surface area contributed by atoms with E-state index in [1.54, 1.807) is 0 Å². The van der Waals surface area contributed by atoms with Crippen LogP contribution in [0.1, 0.15) is 11.1 Å². The Bertz CT molecular complexity index is 3050. The van der Waals surface area contributed by atoms with Crippen molar-refractivity contribution in [3.63, 3.8) is 0 Å². The number of aromatic nitrogens is 2. The maximum absolute atomic E-state index is 11.1. The molecule has 0 unspecified atom stereocenters. The summed E-state index contributed by atoms with van der Waals surface area (Å²) in [7, 11) is 0. The van der Waals surface area contributed by atoms with Crippen LogP contribution in [0.3, 0.4) is 0 Å². The molecule has 0 N–H and O–H groups in total. The molecule has 0 amide bonds. The topological polar surface area (TPSA) is 60.7 Å². The van der Waals surface area contributed by atoms with Gasteiger partial charge in [-0.05, 0) is 83.6 Å². The summed E-state index contributed by atoms with van der Waals surface area (Å²) in [6.45, 7) is 0. The molecule has 246 valence electrons. The summed E-state index contributed by atoms with van der Waals surface area (Å²) in [5.41, 5.74) is 9.27. The number of nitrogens with zero attached hydrogens (tertiary/aromatic N) is 5. The molecule has 2 heterocycles. The highest BCUT2D eigenvalue weighted by Gasteiger charge is 2.24. The SMILES string of the molecule is N#Cc1cc(-n2c3ccccc3c3ccccc32)c(C#N)c(-n2c3ccc(N(c4ccccc4)c4ccccc4)cc3c3c4ccccc4ccc32)c1. The van der Waals surface area contributed by atoms with Crippen LogP contribution in [0.4, 0.5) is 17.1 Å². The Balaban J connectivity index is 1.32. The highest BCUT2D eigenvalue weighted by atomic mass is 15.1. The summed E-state index contributed by atoms with van der Waals surface area (Å²) >= 11 is 0. The molecule has 0 saturated carbocycles. The van der Waals surface area contributed by atoms with E-state index in [9.17, 15) is 10.5 Å². The minimum atomic E-state index is 0.475. The molecule has 53 heavy (non-hydrogen) atoms. The normalized spacial score (nSPS) is 11.4. The Morgan fingerprint density at radius 1 is 0.396 bits per heavy atom. The van der Waals surface area contributed by atoms with Crippen molar-refractivity contribution in [3.05, 3.63) is 187 Å². The van der Waals surface area contributed by atoms with E-state index < -0.39 is 0 Å². The Labute approximate surface area is 305 Å². The van der Waals surface area contributed by atoms with Crippen LogP contribution < -0.4 is 4.90 Å². The second-order valence-electron chi connectivity index (χ2n) is 13.2. The van der Waals surface area contributed by atoms with Crippen molar-refractivity contribution in [2.45, 2.75) is 0 Å². The molecule has 8 aromatic carbocycles. The minimum absolute atomic E-state index is 0.475. The lowest BCUT2D eigenvalue weighted by atomic mass is 10.0. The molecule has 0 fully saturated rings. The summed E-state index contributed by atoms with van der Waals surface area (Å²) in [6.07, 6.45) is 0. The zero-order chi connectivity index (χ0) is 35.5. The molecular weight excluding hydrogens is 647 g/mol. The van der Waals surface area contributed by atoms with Crippen molar-refractivity contribution in [1.82, 2.24) is 9.13 Å². The largest absolute Gasteiger partial charge is 0.310 e. The first-order valence-corrected chi connectivity index (χ1v) is 17.6. The van der Waals surface area contributed by atoms with Gasteiger partial charge in [-0.15, -0.1) is 0 Å². The molecule has 0 bridgehead atoms. The van der Waals surface area contributed by atoms with Crippen molar-refractivity contribution in [3.8, 4) is 23.5 Å². The van der Waals surface area contributed by atoms with E-state index in [4.69, 9.17) is 0 Å². The molecule has 0 radical (unpaired) electrons. The monoisotopic (exact) mass is 675 g/mol. The zero-order valence-corrected chi connectivity index (χ0v) is 28.5. The fourth-order valence-corrected chi connectivity index (χ4v) is 8.10. The van der Waals surface area contributed by atoms with Gasteiger partial charge in [0.1, 0.15) is 11.6 Å². The summed E-state index contributed by atoms with van der Waals surface area (Å²) in [5.74, 6) is 0. The van der Waals surface area contributed by atoms with Gasteiger partial charge in [0.25, 0.3) is 0 Å². The molecule has 0 aliphatic carbocycles. The second-order valence-corrected chi connectivity index (χ2v) is 13.2. The van der Waals surface area contributed by atoms with Crippen LogP contribution in [0.2, 0.25) is 0 Å². The van der Waals surface area contributed by atoms with Gasteiger partial charge >= 0.3 is 0 Å². The third-order valence-corrected chi connectivity index (χ3v) is 10.3. The Morgan fingerprint density at radius 3 is 1.51 bits per heavy atom. The summed E-state index contributed by atoms with van der Waals surface area (Å²) < 4.78 is 4.31.